The zero-order chi connectivity index (χ0) is 16.2. The van der Waals surface area contributed by atoms with Crippen LogP contribution in [0.1, 0.15) is 82.1 Å². The fourth-order valence-electron chi connectivity index (χ4n) is 3.14. The molecule has 114 valence electrons. The van der Waals surface area contributed by atoms with E-state index in [4.69, 9.17) is 0 Å². The van der Waals surface area contributed by atoms with E-state index in [2.05, 4.69) is 92.9 Å². The van der Waals surface area contributed by atoms with Gasteiger partial charge in [0.25, 0.3) is 0 Å². The Morgan fingerprint density at radius 2 is 0.750 bits per heavy atom. The van der Waals surface area contributed by atoms with Crippen LogP contribution in [-0.4, -0.2) is 0 Å². The van der Waals surface area contributed by atoms with Crippen LogP contribution in [0.15, 0.2) is 0 Å². The minimum Gasteiger partial charge on any atom is -0.0829 e. The highest BCUT2D eigenvalue weighted by molar-refractivity contribution is 5.30. The molecule has 0 rings (SSSR count). The summed E-state index contributed by atoms with van der Waals surface area (Å²) in [6.07, 6.45) is 2.17. The van der Waals surface area contributed by atoms with Crippen molar-refractivity contribution >= 4 is 0 Å². The Hall–Kier alpha value is -0.880. The first-order chi connectivity index (χ1) is 8.62. The minimum absolute atomic E-state index is 0.0289. The summed E-state index contributed by atoms with van der Waals surface area (Å²) in [6.45, 7) is 22.4. The van der Waals surface area contributed by atoms with E-state index in [0.29, 0.717) is 10.8 Å². The largest absolute Gasteiger partial charge is 0.0829 e. The highest BCUT2D eigenvalue weighted by Crippen LogP contribution is 2.33. The van der Waals surface area contributed by atoms with Gasteiger partial charge >= 0.3 is 0 Å². The molecule has 0 bridgehead atoms. The second-order valence-corrected chi connectivity index (χ2v) is 9.74. The lowest BCUT2D eigenvalue weighted by atomic mass is 9.76. The first-order valence-corrected chi connectivity index (χ1v) is 7.66. The van der Waals surface area contributed by atoms with E-state index in [1.807, 2.05) is 0 Å². The zero-order valence-corrected chi connectivity index (χ0v) is 15.4. The third-order valence-electron chi connectivity index (χ3n) is 2.81. The summed E-state index contributed by atoms with van der Waals surface area (Å²) in [5.74, 6) is 12.8. The maximum Gasteiger partial charge on any atom is 0.0273 e. The third-order valence-corrected chi connectivity index (χ3v) is 2.81. The van der Waals surface area contributed by atoms with E-state index in [-0.39, 0.29) is 10.8 Å². The molecule has 0 aromatic rings. The quantitative estimate of drug-likeness (QED) is 0.548. The van der Waals surface area contributed by atoms with Crippen molar-refractivity contribution in [2.45, 2.75) is 82.1 Å². The van der Waals surface area contributed by atoms with Gasteiger partial charge in [-0.1, -0.05) is 53.4 Å². The van der Waals surface area contributed by atoms with Crippen LogP contribution >= 0.6 is 0 Å². The van der Waals surface area contributed by atoms with Gasteiger partial charge in [-0.3, -0.25) is 0 Å². The van der Waals surface area contributed by atoms with Gasteiger partial charge in [0.1, 0.15) is 0 Å². The summed E-state index contributed by atoms with van der Waals surface area (Å²) < 4.78 is 0. The van der Waals surface area contributed by atoms with E-state index in [0.717, 1.165) is 12.8 Å². The van der Waals surface area contributed by atoms with Gasteiger partial charge in [-0.2, -0.15) is 0 Å². The van der Waals surface area contributed by atoms with Gasteiger partial charge < -0.3 is 0 Å². The predicted octanol–water partition coefficient (Wildman–Crippen LogP) is 5.92. The van der Waals surface area contributed by atoms with E-state index in [1.54, 1.807) is 0 Å². The maximum atomic E-state index is 3.33. The molecule has 0 aromatic heterocycles. The lowest BCUT2D eigenvalue weighted by Gasteiger charge is -2.28. The van der Waals surface area contributed by atoms with E-state index >= 15 is 0 Å². The van der Waals surface area contributed by atoms with Crippen LogP contribution < -0.4 is 0 Å². The fraction of sp³-hybridized carbons (Fsp3) is 0.800. The van der Waals surface area contributed by atoms with Crippen molar-refractivity contribution in [1.82, 2.24) is 0 Å². The molecular formula is C20H34. The molecule has 0 saturated carbocycles. The maximum absolute atomic E-state index is 3.33. The second-order valence-electron chi connectivity index (χ2n) is 9.74. The van der Waals surface area contributed by atoms with Gasteiger partial charge in [-0.05, 0) is 63.2 Å². The molecule has 0 N–H and O–H groups in total. The van der Waals surface area contributed by atoms with Gasteiger partial charge in [0, 0.05) is 10.8 Å². The molecule has 0 unspecified atom stereocenters. The summed E-state index contributed by atoms with van der Waals surface area (Å²) in [6, 6.07) is 0. The van der Waals surface area contributed by atoms with Gasteiger partial charge in [-0.15, -0.1) is 0 Å². The summed E-state index contributed by atoms with van der Waals surface area (Å²) in [5.41, 5.74) is 0.663. The minimum atomic E-state index is 0.0289. The fourth-order valence-corrected chi connectivity index (χ4v) is 3.14. The van der Waals surface area contributed by atoms with Gasteiger partial charge in [0.2, 0.25) is 0 Å². The highest BCUT2D eigenvalue weighted by atomic mass is 14.3. The van der Waals surface area contributed by atoms with Crippen LogP contribution in [0.25, 0.3) is 0 Å². The van der Waals surface area contributed by atoms with Crippen LogP contribution in [0, 0.1) is 45.3 Å². The molecule has 0 aromatic carbocycles. The van der Waals surface area contributed by atoms with Crippen LogP contribution in [-0.2, 0) is 0 Å². The summed E-state index contributed by atoms with van der Waals surface area (Å²) in [4.78, 5) is 0. The lowest BCUT2D eigenvalue weighted by molar-refractivity contribution is 0.270. The number of hydrogen-bond acceptors (Lipinski definition) is 0. The van der Waals surface area contributed by atoms with Crippen molar-refractivity contribution < 1.29 is 0 Å². The smallest absolute Gasteiger partial charge is 0.0273 e. The molecule has 0 atom stereocenters. The average molecular weight is 274 g/mol. The van der Waals surface area contributed by atoms with Crippen LogP contribution in [0.5, 0.6) is 0 Å². The Kier molecular flexibility index (Phi) is 5.99. The molecule has 0 spiro atoms. The van der Waals surface area contributed by atoms with Gasteiger partial charge in [0.15, 0.2) is 0 Å². The molecule has 0 heteroatoms. The van der Waals surface area contributed by atoms with Crippen molar-refractivity contribution in [3.05, 3.63) is 0 Å². The first-order valence-electron chi connectivity index (χ1n) is 7.66. The molecule has 0 aliphatic carbocycles. The van der Waals surface area contributed by atoms with Crippen molar-refractivity contribution in [1.29, 1.82) is 0 Å². The Labute approximate surface area is 128 Å². The summed E-state index contributed by atoms with van der Waals surface area (Å²) in [7, 11) is 0. The molecule has 0 fully saturated rings. The normalized spacial score (nSPS) is 13.1. The number of rotatable bonds is 2. The predicted molar refractivity (Wildman–Crippen MR) is 91.3 cm³/mol. The van der Waals surface area contributed by atoms with E-state index in [1.165, 1.54) is 0 Å². The lowest BCUT2D eigenvalue weighted by Crippen LogP contribution is -2.19. The standard InChI is InChI=1S/C20H34/c1-17(2,3)15-19(7,8)13-11-12-14-20(9,10)16-18(4,5)6/h15-16H2,1-10H3. The topological polar surface area (TPSA) is 0 Å². The van der Waals surface area contributed by atoms with Crippen LogP contribution in [0.4, 0.5) is 0 Å². The molecule has 20 heavy (non-hydrogen) atoms. The van der Waals surface area contributed by atoms with Crippen molar-refractivity contribution in [2.75, 3.05) is 0 Å². The average Bonchev–Trinajstić information content (AvgIpc) is 2.04. The Bertz CT molecular complexity index is 381. The molecule has 0 radical (unpaired) electrons. The van der Waals surface area contributed by atoms with Crippen molar-refractivity contribution in [3.8, 4) is 23.7 Å². The van der Waals surface area contributed by atoms with Crippen LogP contribution in [0.3, 0.4) is 0 Å². The first kappa shape index (κ1) is 19.1. The molecule has 0 amide bonds. The molecule has 0 saturated heterocycles. The molecule has 0 aliphatic rings. The second kappa shape index (κ2) is 6.26. The number of hydrogen-bond donors (Lipinski definition) is 0. The van der Waals surface area contributed by atoms with E-state index in [9.17, 15) is 0 Å². The monoisotopic (exact) mass is 274 g/mol. The van der Waals surface area contributed by atoms with Gasteiger partial charge in [0.05, 0.1) is 0 Å². The summed E-state index contributed by atoms with van der Waals surface area (Å²) >= 11 is 0. The third kappa shape index (κ3) is 11.0. The van der Waals surface area contributed by atoms with Crippen molar-refractivity contribution in [3.63, 3.8) is 0 Å². The van der Waals surface area contributed by atoms with Crippen LogP contribution in [0.2, 0.25) is 0 Å². The summed E-state index contributed by atoms with van der Waals surface area (Å²) in [5, 5.41) is 0. The van der Waals surface area contributed by atoms with Crippen molar-refractivity contribution in [2.24, 2.45) is 21.7 Å². The SMILES string of the molecule is CC(C)(C)CC(C)(C)C#CC#CC(C)(C)CC(C)(C)C. The molecule has 0 aliphatic heterocycles. The van der Waals surface area contributed by atoms with Gasteiger partial charge in [-0.25, -0.2) is 0 Å². The zero-order valence-electron chi connectivity index (χ0n) is 15.4. The Morgan fingerprint density at radius 1 is 0.500 bits per heavy atom. The molecule has 0 nitrogen and oxygen atoms in total. The molecule has 0 heterocycles. The highest BCUT2D eigenvalue weighted by Gasteiger charge is 2.24. The van der Waals surface area contributed by atoms with E-state index < -0.39 is 0 Å². The Morgan fingerprint density at radius 3 is 0.950 bits per heavy atom. The Balaban J connectivity index is 4.81. The molecular weight excluding hydrogens is 240 g/mol.